The monoisotopic (exact) mass is 280 g/mol. The zero-order chi connectivity index (χ0) is 13.8. The van der Waals surface area contributed by atoms with E-state index in [4.69, 9.17) is 5.73 Å². The predicted octanol–water partition coefficient (Wildman–Crippen LogP) is 2.63. The third kappa shape index (κ3) is 4.59. The van der Waals surface area contributed by atoms with Crippen molar-refractivity contribution in [3.8, 4) is 0 Å². The molecule has 0 radical (unpaired) electrons. The molecule has 0 saturated carbocycles. The maximum Gasteiger partial charge on any atom is 0.433 e. The summed E-state index contributed by atoms with van der Waals surface area (Å²) in [7, 11) is 0. The zero-order valence-corrected chi connectivity index (χ0v) is 10.9. The highest BCUT2D eigenvalue weighted by atomic mass is 32.2. The van der Waals surface area contributed by atoms with Gasteiger partial charge in [0.1, 0.15) is 5.82 Å². The molecular weight excluding hydrogens is 265 g/mol. The van der Waals surface area contributed by atoms with E-state index in [2.05, 4.69) is 15.3 Å². The average Bonchev–Trinajstić information content (AvgIpc) is 2.27. The molecule has 1 heterocycles. The number of aromatic nitrogens is 2. The third-order valence-corrected chi connectivity index (χ3v) is 3.33. The molecule has 0 fully saturated rings. The fraction of sp³-hybridized carbons (Fsp3) is 0.600. The normalized spacial score (nSPS) is 13.4. The first-order valence-corrected chi connectivity index (χ1v) is 6.60. The van der Waals surface area contributed by atoms with Crippen LogP contribution in [0.3, 0.4) is 0 Å². The molecule has 1 aromatic rings. The van der Waals surface area contributed by atoms with E-state index in [9.17, 15) is 13.2 Å². The second-order valence-electron chi connectivity index (χ2n) is 3.76. The number of nitrogen functional groups attached to an aromatic ring is 1. The summed E-state index contributed by atoms with van der Waals surface area (Å²) in [6.45, 7) is 2.58. The van der Waals surface area contributed by atoms with E-state index in [1.54, 1.807) is 11.8 Å². The number of nitrogens with zero attached hydrogens (tertiary/aromatic N) is 2. The van der Waals surface area contributed by atoms with Gasteiger partial charge in [0, 0.05) is 17.9 Å². The number of thioether (sulfide) groups is 1. The molecule has 0 aromatic carbocycles. The Labute approximate surface area is 108 Å². The third-order valence-electron chi connectivity index (χ3n) is 2.29. The number of rotatable bonds is 5. The summed E-state index contributed by atoms with van der Waals surface area (Å²) in [4.78, 5) is 6.88. The molecule has 8 heteroatoms. The fourth-order valence-corrected chi connectivity index (χ4v) is 1.58. The van der Waals surface area contributed by atoms with E-state index in [0.717, 1.165) is 12.5 Å². The highest BCUT2D eigenvalue weighted by Crippen LogP contribution is 2.29. The van der Waals surface area contributed by atoms with Crippen LogP contribution in [-0.4, -0.2) is 28.0 Å². The molecule has 1 unspecified atom stereocenters. The van der Waals surface area contributed by atoms with Crippen molar-refractivity contribution in [3.63, 3.8) is 0 Å². The van der Waals surface area contributed by atoms with E-state index in [1.807, 2.05) is 13.2 Å². The molecule has 0 bridgehead atoms. The van der Waals surface area contributed by atoms with E-state index in [0.29, 0.717) is 11.8 Å². The van der Waals surface area contributed by atoms with E-state index in [-0.39, 0.29) is 11.8 Å². The summed E-state index contributed by atoms with van der Waals surface area (Å²) in [5.41, 5.74) is 4.22. The summed E-state index contributed by atoms with van der Waals surface area (Å²) in [5.74, 6) is -0.284. The quantitative estimate of drug-likeness (QED) is 0.868. The smallest absolute Gasteiger partial charge is 0.370 e. The Morgan fingerprint density at radius 1 is 1.44 bits per heavy atom. The van der Waals surface area contributed by atoms with Crippen LogP contribution in [0.4, 0.5) is 24.9 Å². The van der Waals surface area contributed by atoms with Crippen molar-refractivity contribution < 1.29 is 13.2 Å². The van der Waals surface area contributed by atoms with Crippen LogP contribution in [0, 0.1) is 0 Å². The van der Waals surface area contributed by atoms with Gasteiger partial charge in [-0.15, -0.1) is 0 Å². The summed E-state index contributed by atoms with van der Waals surface area (Å²) in [6, 6.07) is 0.861. The number of nitrogens with two attached hydrogens (primary N) is 1. The molecule has 102 valence electrons. The highest BCUT2D eigenvalue weighted by molar-refractivity contribution is 7.99. The van der Waals surface area contributed by atoms with Crippen LogP contribution in [0.1, 0.15) is 19.0 Å². The van der Waals surface area contributed by atoms with Gasteiger partial charge in [-0.3, -0.25) is 0 Å². The lowest BCUT2D eigenvalue weighted by Gasteiger charge is -2.12. The first-order valence-electron chi connectivity index (χ1n) is 5.31. The van der Waals surface area contributed by atoms with Crippen molar-refractivity contribution >= 4 is 23.5 Å². The van der Waals surface area contributed by atoms with Gasteiger partial charge in [0.15, 0.2) is 5.69 Å². The number of hydrogen-bond acceptors (Lipinski definition) is 5. The number of hydrogen-bond donors (Lipinski definition) is 2. The molecule has 18 heavy (non-hydrogen) atoms. The fourth-order valence-electron chi connectivity index (χ4n) is 1.22. The molecule has 0 saturated heterocycles. The summed E-state index contributed by atoms with van der Waals surface area (Å²) < 4.78 is 37.4. The summed E-state index contributed by atoms with van der Waals surface area (Å²) >= 11 is 1.69. The Kier molecular flexibility index (Phi) is 5.06. The average molecular weight is 280 g/mol. The van der Waals surface area contributed by atoms with Crippen LogP contribution in [0.5, 0.6) is 0 Å². The second-order valence-corrected chi connectivity index (χ2v) is 5.03. The maximum absolute atomic E-state index is 12.5. The SMILES string of the molecule is CSC(C)CCNc1cc(C(F)(F)F)nc(N)n1. The molecule has 0 aliphatic rings. The Bertz CT molecular complexity index is 397. The Morgan fingerprint density at radius 2 is 2.11 bits per heavy atom. The first kappa shape index (κ1) is 14.9. The minimum absolute atomic E-state index is 0.100. The van der Waals surface area contributed by atoms with E-state index >= 15 is 0 Å². The van der Waals surface area contributed by atoms with Crippen molar-refractivity contribution in [2.45, 2.75) is 24.8 Å². The van der Waals surface area contributed by atoms with Crippen molar-refractivity contribution in [3.05, 3.63) is 11.8 Å². The van der Waals surface area contributed by atoms with Gasteiger partial charge in [0.05, 0.1) is 0 Å². The molecule has 0 amide bonds. The van der Waals surface area contributed by atoms with Gasteiger partial charge in [-0.2, -0.15) is 29.9 Å². The number of anilines is 2. The van der Waals surface area contributed by atoms with Gasteiger partial charge in [0.2, 0.25) is 5.95 Å². The lowest BCUT2D eigenvalue weighted by atomic mass is 10.3. The standard InChI is InChI=1S/C10H15F3N4S/c1-6(18-2)3-4-15-8-5-7(10(11,12)13)16-9(14)17-8/h5-6H,3-4H2,1-2H3,(H3,14,15,16,17). The van der Waals surface area contributed by atoms with E-state index < -0.39 is 11.9 Å². The van der Waals surface area contributed by atoms with Gasteiger partial charge in [-0.05, 0) is 12.7 Å². The Morgan fingerprint density at radius 3 is 2.67 bits per heavy atom. The van der Waals surface area contributed by atoms with Crippen molar-refractivity contribution in [2.75, 3.05) is 23.9 Å². The van der Waals surface area contributed by atoms with E-state index in [1.165, 1.54) is 0 Å². The molecule has 1 atom stereocenters. The minimum atomic E-state index is -4.51. The molecule has 3 N–H and O–H groups in total. The Balaban J connectivity index is 2.69. The van der Waals surface area contributed by atoms with Crippen LogP contribution >= 0.6 is 11.8 Å². The van der Waals surface area contributed by atoms with Gasteiger partial charge in [-0.1, -0.05) is 6.92 Å². The predicted molar refractivity (Wildman–Crippen MR) is 67.5 cm³/mol. The number of alkyl halides is 3. The van der Waals surface area contributed by atoms with Crippen molar-refractivity contribution in [1.82, 2.24) is 9.97 Å². The Hall–Kier alpha value is -1.18. The van der Waals surface area contributed by atoms with Crippen LogP contribution in [0.15, 0.2) is 6.07 Å². The molecule has 0 spiro atoms. The van der Waals surface area contributed by atoms with Crippen LogP contribution in [0.25, 0.3) is 0 Å². The summed E-state index contributed by atoms with van der Waals surface area (Å²) in [6.07, 6.45) is -1.71. The van der Waals surface area contributed by atoms with Crippen LogP contribution in [-0.2, 0) is 6.18 Å². The lowest BCUT2D eigenvalue weighted by molar-refractivity contribution is -0.141. The molecule has 4 nitrogen and oxygen atoms in total. The largest absolute Gasteiger partial charge is 0.433 e. The number of halogens is 3. The highest BCUT2D eigenvalue weighted by Gasteiger charge is 2.33. The molecule has 1 rings (SSSR count). The topological polar surface area (TPSA) is 63.8 Å². The van der Waals surface area contributed by atoms with Gasteiger partial charge in [-0.25, -0.2) is 4.98 Å². The first-order chi connectivity index (χ1) is 8.32. The van der Waals surface area contributed by atoms with Crippen LogP contribution < -0.4 is 11.1 Å². The molecule has 0 aliphatic carbocycles. The van der Waals surface area contributed by atoms with Crippen molar-refractivity contribution in [2.24, 2.45) is 0 Å². The summed E-state index contributed by atoms with van der Waals surface area (Å²) in [5, 5.41) is 3.25. The van der Waals surface area contributed by atoms with Crippen molar-refractivity contribution in [1.29, 1.82) is 0 Å². The molecule has 1 aromatic heterocycles. The maximum atomic E-state index is 12.5. The van der Waals surface area contributed by atoms with Gasteiger partial charge in [0.25, 0.3) is 0 Å². The molecular formula is C10H15F3N4S. The second kappa shape index (κ2) is 6.12. The lowest BCUT2D eigenvalue weighted by Crippen LogP contribution is -2.14. The molecule has 0 aliphatic heterocycles. The number of nitrogens with one attached hydrogen (secondary N) is 1. The van der Waals surface area contributed by atoms with Crippen LogP contribution in [0.2, 0.25) is 0 Å². The van der Waals surface area contributed by atoms with Gasteiger partial charge < -0.3 is 11.1 Å². The zero-order valence-electron chi connectivity index (χ0n) is 10.1. The van der Waals surface area contributed by atoms with Gasteiger partial charge >= 0.3 is 6.18 Å². The minimum Gasteiger partial charge on any atom is -0.370 e.